The van der Waals surface area contributed by atoms with Crippen molar-refractivity contribution in [3.8, 4) is 0 Å². The van der Waals surface area contributed by atoms with E-state index in [1.54, 1.807) is 13.1 Å². The largest absolute Gasteiger partial charge is 0.366 e. The summed E-state index contributed by atoms with van der Waals surface area (Å²) in [6.07, 6.45) is 0. The first-order chi connectivity index (χ1) is 6.72. The molecule has 14 heavy (non-hydrogen) atoms. The molecule has 1 amide bonds. The fraction of sp³-hybridized carbons (Fsp3) is 0.375. The van der Waals surface area contributed by atoms with Gasteiger partial charge in [-0.3, -0.25) is 10.2 Å². The molecule has 0 saturated carbocycles. The number of hydrazine groups is 1. The highest BCUT2D eigenvalue weighted by Gasteiger charge is 2.01. The topological polar surface area (TPSA) is 50.4 Å². The van der Waals surface area contributed by atoms with Crippen LogP contribution in [-0.2, 0) is 16.1 Å². The monoisotopic (exact) mass is 234 g/mol. The fourth-order valence-corrected chi connectivity index (χ4v) is 1.87. The van der Waals surface area contributed by atoms with Crippen molar-refractivity contribution in [1.82, 2.24) is 10.9 Å². The average molecular weight is 235 g/mol. The molecule has 0 atom stereocenters. The van der Waals surface area contributed by atoms with Crippen LogP contribution in [0.15, 0.2) is 12.1 Å². The predicted octanol–water partition coefficient (Wildman–Crippen LogP) is 1.17. The van der Waals surface area contributed by atoms with Crippen LogP contribution in [-0.4, -0.2) is 19.6 Å². The number of halogens is 1. The van der Waals surface area contributed by atoms with Gasteiger partial charge < -0.3 is 4.74 Å². The summed E-state index contributed by atoms with van der Waals surface area (Å²) in [6, 6.07) is 3.68. The lowest BCUT2D eigenvalue weighted by molar-refractivity contribution is -0.126. The molecule has 1 aromatic heterocycles. The maximum Gasteiger partial charge on any atom is 0.260 e. The molecule has 1 aromatic rings. The molecule has 0 radical (unpaired) electrons. The van der Waals surface area contributed by atoms with Gasteiger partial charge in [-0.25, -0.2) is 5.43 Å². The smallest absolute Gasteiger partial charge is 0.260 e. The zero-order valence-electron chi connectivity index (χ0n) is 7.67. The van der Waals surface area contributed by atoms with Crippen molar-refractivity contribution in [3.05, 3.63) is 21.3 Å². The number of rotatable bonds is 5. The number of thiophene rings is 1. The van der Waals surface area contributed by atoms with Crippen LogP contribution in [0.4, 0.5) is 0 Å². The van der Waals surface area contributed by atoms with Gasteiger partial charge in [-0.05, 0) is 12.1 Å². The fourth-order valence-electron chi connectivity index (χ4n) is 0.849. The van der Waals surface area contributed by atoms with E-state index in [1.807, 2.05) is 6.07 Å². The van der Waals surface area contributed by atoms with E-state index in [2.05, 4.69) is 10.9 Å². The van der Waals surface area contributed by atoms with Crippen LogP contribution in [0.2, 0.25) is 4.34 Å². The van der Waals surface area contributed by atoms with Crippen LogP contribution >= 0.6 is 22.9 Å². The van der Waals surface area contributed by atoms with E-state index < -0.39 is 0 Å². The van der Waals surface area contributed by atoms with Crippen LogP contribution in [0.25, 0.3) is 0 Å². The first-order valence-corrected chi connectivity index (χ1v) is 5.19. The van der Waals surface area contributed by atoms with Gasteiger partial charge in [0.15, 0.2) is 0 Å². The zero-order chi connectivity index (χ0) is 10.4. The molecule has 1 rings (SSSR count). The normalized spacial score (nSPS) is 10.1. The summed E-state index contributed by atoms with van der Waals surface area (Å²) in [7, 11) is 1.62. The number of carbonyl (C=O) groups is 1. The Bertz CT molecular complexity index is 303. The van der Waals surface area contributed by atoms with Crippen molar-refractivity contribution in [3.63, 3.8) is 0 Å². The number of hydrogen-bond acceptors (Lipinski definition) is 4. The summed E-state index contributed by atoms with van der Waals surface area (Å²) >= 11 is 7.17. The molecular weight excluding hydrogens is 224 g/mol. The zero-order valence-corrected chi connectivity index (χ0v) is 9.24. The second kappa shape index (κ2) is 5.98. The Hall–Kier alpha value is -0.620. The van der Waals surface area contributed by atoms with Crippen molar-refractivity contribution in [2.75, 3.05) is 13.7 Å². The molecule has 0 fully saturated rings. The van der Waals surface area contributed by atoms with E-state index in [4.69, 9.17) is 16.3 Å². The first kappa shape index (κ1) is 11.5. The van der Waals surface area contributed by atoms with Crippen LogP contribution in [0, 0.1) is 0 Å². The van der Waals surface area contributed by atoms with Crippen molar-refractivity contribution >= 4 is 28.8 Å². The van der Waals surface area contributed by atoms with Gasteiger partial charge in [0.25, 0.3) is 5.91 Å². The van der Waals surface area contributed by atoms with Gasteiger partial charge in [0, 0.05) is 11.9 Å². The Morgan fingerprint density at radius 2 is 2.43 bits per heavy atom. The standard InChI is InChI=1S/C8H11ClN2O2S/c1-10-11-8(12)5-13-4-6-2-3-7(9)14-6/h2-3,10H,4-5H2,1H3,(H,11,12). The van der Waals surface area contributed by atoms with Gasteiger partial charge in [0.2, 0.25) is 0 Å². The summed E-state index contributed by atoms with van der Waals surface area (Å²) in [6.45, 7) is 0.449. The van der Waals surface area contributed by atoms with E-state index in [-0.39, 0.29) is 12.5 Å². The van der Waals surface area contributed by atoms with Crippen LogP contribution in [0.5, 0.6) is 0 Å². The lowest BCUT2D eigenvalue weighted by Gasteiger charge is -2.02. The Balaban J connectivity index is 2.18. The Morgan fingerprint density at radius 1 is 1.64 bits per heavy atom. The molecule has 0 aliphatic carbocycles. The van der Waals surface area contributed by atoms with Gasteiger partial charge in [0.1, 0.15) is 6.61 Å². The Labute approximate surface area is 91.2 Å². The summed E-state index contributed by atoms with van der Waals surface area (Å²) < 4.78 is 5.87. The number of hydrogen-bond donors (Lipinski definition) is 2. The maximum absolute atomic E-state index is 10.9. The van der Waals surface area contributed by atoms with Crippen molar-refractivity contribution in [2.45, 2.75) is 6.61 Å². The minimum atomic E-state index is -0.199. The highest BCUT2D eigenvalue weighted by molar-refractivity contribution is 7.16. The lowest BCUT2D eigenvalue weighted by atomic mass is 10.5. The number of nitrogens with one attached hydrogen (secondary N) is 2. The minimum absolute atomic E-state index is 0.0381. The van der Waals surface area contributed by atoms with Gasteiger partial charge in [0.05, 0.1) is 10.9 Å². The highest BCUT2D eigenvalue weighted by atomic mass is 35.5. The number of carbonyl (C=O) groups excluding carboxylic acids is 1. The van der Waals surface area contributed by atoms with E-state index in [0.717, 1.165) is 9.21 Å². The molecule has 0 aliphatic rings. The van der Waals surface area contributed by atoms with E-state index in [0.29, 0.717) is 6.61 Å². The lowest BCUT2D eigenvalue weighted by Crippen LogP contribution is -2.36. The summed E-state index contributed by atoms with van der Waals surface area (Å²) in [5, 5.41) is 0. The SMILES string of the molecule is CNNC(=O)COCc1ccc(Cl)s1. The van der Waals surface area contributed by atoms with Crippen molar-refractivity contribution < 1.29 is 9.53 Å². The minimum Gasteiger partial charge on any atom is -0.366 e. The van der Waals surface area contributed by atoms with Crippen LogP contribution in [0.1, 0.15) is 4.88 Å². The van der Waals surface area contributed by atoms with Gasteiger partial charge in [-0.15, -0.1) is 11.3 Å². The van der Waals surface area contributed by atoms with Crippen molar-refractivity contribution in [2.24, 2.45) is 0 Å². The molecule has 0 spiro atoms. The predicted molar refractivity (Wildman–Crippen MR) is 56.2 cm³/mol. The van der Waals surface area contributed by atoms with E-state index in [1.165, 1.54) is 11.3 Å². The molecule has 6 heteroatoms. The quantitative estimate of drug-likeness (QED) is 0.752. The van der Waals surface area contributed by atoms with Crippen LogP contribution in [0.3, 0.4) is 0 Å². The molecule has 1 heterocycles. The van der Waals surface area contributed by atoms with Crippen LogP contribution < -0.4 is 10.9 Å². The average Bonchev–Trinajstić information content (AvgIpc) is 2.52. The first-order valence-electron chi connectivity index (χ1n) is 4.00. The van der Waals surface area contributed by atoms with E-state index >= 15 is 0 Å². The molecule has 0 aromatic carbocycles. The molecule has 4 nitrogen and oxygen atoms in total. The Morgan fingerprint density at radius 3 is 3.00 bits per heavy atom. The third-order valence-electron chi connectivity index (χ3n) is 1.37. The maximum atomic E-state index is 10.9. The summed E-state index contributed by atoms with van der Waals surface area (Å²) in [4.78, 5) is 11.9. The van der Waals surface area contributed by atoms with E-state index in [9.17, 15) is 4.79 Å². The highest BCUT2D eigenvalue weighted by Crippen LogP contribution is 2.21. The van der Waals surface area contributed by atoms with Gasteiger partial charge in [-0.2, -0.15) is 0 Å². The second-order valence-electron chi connectivity index (χ2n) is 2.50. The van der Waals surface area contributed by atoms with Gasteiger partial charge >= 0.3 is 0 Å². The molecule has 0 saturated heterocycles. The molecule has 0 unspecified atom stereocenters. The third-order valence-corrected chi connectivity index (χ3v) is 2.58. The molecular formula is C8H11ClN2O2S. The second-order valence-corrected chi connectivity index (χ2v) is 4.30. The van der Waals surface area contributed by atoms with Crippen molar-refractivity contribution in [1.29, 1.82) is 0 Å². The molecule has 0 aliphatic heterocycles. The molecule has 2 N–H and O–H groups in total. The Kier molecular flexibility index (Phi) is 4.89. The van der Waals surface area contributed by atoms with Gasteiger partial charge in [-0.1, -0.05) is 11.6 Å². The third kappa shape index (κ3) is 4.06. The number of amides is 1. The summed E-state index contributed by atoms with van der Waals surface area (Å²) in [5.41, 5.74) is 4.92. The number of ether oxygens (including phenoxy) is 1. The summed E-state index contributed by atoms with van der Waals surface area (Å²) in [5.74, 6) is -0.199. The molecule has 78 valence electrons. The molecule has 0 bridgehead atoms.